The molecule has 0 aliphatic heterocycles. The number of unbranched alkanes of at least 4 members (excludes halogenated alkanes) is 26. The predicted octanol–water partition coefficient (Wildman–Crippen LogP) is 15.4. The zero-order valence-electron chi connectivity index (χ0n) is 39.5. The Morgan fingerprint density at radius 3 is 0.895 bits per heavy atom. The van der Waals surface area contributed by atoms with Crippen LogP contribution in [0.1, 0.15) is 260 Å². The van der Waals surface area contributed by atoms with Crippen LogP contribution in [-0.4, -0.2) is 69.1 Å². The van der Waals surface area contributed by atoms with Crippen LogP contribution in [0.15, 0.2) is 0 Å². The molecule has 0 aromatic carbocycles. The molecule has 0 saturated carbocycles. The lowest BCUT2D eigenvalue weighted by Crippen LogP contribution is -2.32. The molecule has 0 spiro atoms. The van der Waals surface area contributed by atoms with Gasteiger partial charge in [-0.2, -0.15) is 0 Å². The summed E-state index contributed by atoms with van der Waals surface area (Å²) < 4.78 is 45.6. The van der Waals surface area contributed by atoms with E-state index in [0.29, 0.717) is 26.4 Å². The second-order valence-electron chi connectivity index (χ2n) is 17.5. The first-order valence-corrected chi connectivity index (χ1v) is 28.2. The molecule has 7 heteroatoms. The van der Waals surface area contributed by atoms with Crippen molar-refractivity contribution in [3.8, 4) is 0 Å². The van der Waals surface area contributed by atoms with E-state index in [1.54, 1.807) is 0 Å². The van der Waals surface area contributed by atoms with Crippen LogP contribution in [0.25, 0.3) is 0 Å². The molecule has 0 aliphatic carbocycles. The molecule has 0 aromatic rings. The molecule has 0 saturated heterocycles. The first kappa shape index (κ1) is 57.2. The Balaban J connectivity index is 4.45. The number of hydrogen-bond donors (Lipinski definition) is 0. The smallest absolute Gasteiger partial charge is 0.0690 e. The second kappa shape index (κ2) is 45.7. The summed E-state index contributed by atoms with van der Waals surface area (Å²) in [4.78, 5) is 0. The molecule has 6 unspecified atom stereocenters. The standard InChI is InChI=1S/C50H102O5S2/c1-7-11-15-19-21-23-25-27-31-35-45-56(51)49(39-33-29-17-13-9-3)47(5)54-43-37-41-53-42-38-44-55-48(6)50(40-34-30-18-14-10-4)57(52)46-36-32-28-26-24-22-20-16-12-8-2/h47-50H,7-46H2,1-6H3. The van der Waals surface area contributed by atoms with Crippen LogP contribution in [-0.2, 0) is 35.8 Å². The molecule has 0 fully saturated rings. The number of rotatable bonds is 48. The highest BCUT2D eigenvalue weighted by molar-refractivity contribution is 7.85. The minimum atomic E-state index is -0.830. The van der Waals surface area contributed by atoms with Gasteiger partial charge in [-0.05, 0) is 52.4 Å². The summed E-state index contributed by atoms with van der Waals surface area (Å²) in [6.07, 6.45) is 42.4. The second-order valence-corrected chi connectivity index (χ2v) is 21.0. The zero-order valence-corrected chi connectivity index (χ0v) is 41.1. The van der Waals surface area contributed by atoms with Crippen molar-refractivity contribution < 1.29 is 22.6 Å². The summed E-state index contributed by atoms with van der Waals surface area (Å²) >= 11 is 0. The maximum Gasteiger partial charge on any atom is 0.0690 e. The number of hydrogen-bond acceptors (Lipinski definition) is 5. The van der Waals surface area contributed by atoms with Crippen molar-refractivity contribution in [3.63, 3.8) is 0 Å². The fourth-order valence-corrected chi connectivity index (χ4v) is 11.5. The first-order valence-electron chi connectivity index (χ1n) is 25.5. The molecule has 344 valence electrons. The average molecular weight is 847 g/mol. The van der Waals surface area contributed by atoms with Crippen LogP contribution >= 0.6 is 0 Å². The highest BCUT2D eigenvalue weighted by Crippen LogP contribution is 2.21. The molecule has 57 heavy (non-hydrogen) atoms. The van der Waals surface area contributed by atoms with Crippen LogP contribution in [0.2, 0.25) is 0 Å². The van der Waals surface area contributed by atoms with E-state index in [1.165, 1.54) is 167 Å². The molecule has 0 radical (unpaired) electrons. The van der Waals surface area contributed by atoms with E-state index in [0.717, 1.165) is 62.9 Å². The lowest BCUT2D eigenvalue weighted by molar-refractivity contribution is 0.0245. The van der Waals surface area contributed by atoms with Gasteiger partial charge >= 0.3 is 0 Å². The largest absolute Gasteiger partial charge is 0.381 e. The lowest BCUT2D eigenvalue weighted by Gasteiger charge is -2.24. The Morgan fingerprint density at radius 1 is 0.333 bits per heavy atom. The highest BCUT2D eigenvalue weighted by atomic mass is 32.2. The van der Waals surface area contributed by atoms with Crippen molar-refractivity contribution in [3.05, 3.63) is 0 Å². The monoisotopic (exact) mass is 847 g/mol. The quantitative estimate of drug-likeness (QED) is 0.0571. The van der Waals surface area contributed by atoms with Gasteiger partial charge in [0.05, 0.1) is 22.7 Å². The van der Waals surface area contributed by atoms with Crippen LogP contribution in [0, 0.1) is 0 Å². The summed E-state index contributed by atoms with van der Waals surface area (Å²) in [5.74, 6) is 1.64. The van der Waals surface area contributed by atoms with Crippen molar-refractivity contribution in [2.24, 2.45) is 0 Å². The van der Waals surface area contributed by atoms with E-state index < -0.39 is 21.6 Å². The Bertz CT molecular complexity index is 776. The molecule has 6 atom stereocenters. The van der Waals surface area contributed by atoms with E-state index in [2.05, 4.69) is 41.5 Å². The third kappa shape index (κ3) is 37.7. The van der Waals surface area contributed by atoms with Crippen LogP contribution in [0.3, 0.4) is 0 Å². The topological polar surface area (TPSA) is 61.8 Å². The Morgan fingerprint density at radius 2 is 0.596 bits per heavy atom. The van der Waals surface area contributed by atoms with Crippen molar-refractivity contribution in [1.29, 1.82) is 0 Å². The fourth-order valence-electron chi connectivity index (χ4n) is 8.00. The summed E-state index contributed by atoms with van der Waals surface area (Å²) in [6.45, 7) is 16.0. The van der Waals surface area contributed by atoms with Crippen molar-refractivity contribution in [2.45, 2.75) is 283 Å². The maximum absolute atomic E-state index is 13.5. The van der Waals surface area contributed by atoms with E-state index in [4.69, 9.17) is 14.2 Å². The Labute approximate surface area is 363 Å². The minimum absolute atomic E-state index is 0.0188. The molecule has 0 aliphatic rings. The van der Waals surface area contributed by atoms with Gasteiger partial charge in [-0.15, -0.1) is 0 Å². The normalized spacial score (nSPS) is 15.1. The predicted molar refractivity (Wildman–Crippen MR) is 255 cm³/mol. The molecule has 0 heterocycles. The van der Waals surface area contributed by atoms with Gasteiger partial charge in [0.25, 0.3) is 0 Å². The van der Waals surface area contributed by atoms with E-state index in [1.807, 2.05) is 0 Å². The van der Waals surface area contributed by atoms with Gasteiger partial charge in [-0.1, -0.05) is 207 Å². The molecular formula is C50H102O5S2. The third-order valence-corrected chi connectivity index (χ3v) is 15.9. The maximum atomic E-state index is 13.5. The lowest BCUT2D eigenvalue weighted by atomic mass is 10.1. The van der Waals surface area contributed by atoms with Crippen molar-refractivity contribution in [1.82, 2.24) is 0 Å². The third-order valence-electron chi connectivity index (χ3n) is 11.9. The van der Waals surface area contributed by atoms with E-state index >= 15 is 0 Å². The van der Waals surface area contributed by atoms with Crippen molar-refractivity contribution in [2.75, 3.05) is 37.9 Å². The van der Waals surface area contributed by atoms with E-state index in [-0.39, 0.29) is 22.7 Å². The Kier molecular flexibility index (Phi) is 45.8. The van der Waals surface area contributed by atoms with Gasteiger partial charge in [0.2, 0.25) is 0 Å². The highest BCUT2D eigenvalue weighted by Gasteiger charge is 2.25. The first-order chi connectivity index (χ1) is 27.9. The summed E-state index contributed by atoms with van der Waals surface area (Å²) in [7, 11) is -1.66. The SMILES string of the molecule is CCCCCCCCCCCCS(=O)C(CCCCCCC)C(C)OCCCOCCCOC(C)C(CCCCCCC)S(=O)CCCCCCCCCCCC. The van der Waals surface area contributed by atoms with Crippen LogP contribution in [0.5, 0.6) is 0 Å². The number of ether oxygens (including phenoxy) is 3. The van der Waals surface area contributed by atoms with Crippen LogP contribution < -0.4 is 0 Å². The Hall–Kier alpha value is 0.180. The zero-order chi connectivity index (χ0) is 41.9. The molecular weight excluding hydrogens is 745 g/mol. The van der Waals surface area contributed by atoms with Gasteiger partial charge in [0, 0.05) is 59.5 Å². The average Bonchev–Trinajstić information content (AvgIpc) is 3.21. The van der Waals surface area contributed by atoms with Crippen molar-refractivity contribution >= 4 is 21.6 Å². The van der Waals surface area contributed by atoms with Gasteiger partial charge in [0.15, 0.2) is 0 Å². The summed E-state index contributed by atoms with van der Waals surface area (Å²) in [6, 6.07) is 0. The van der Waals surface area contributed by atoms with Gasteiger partial charge in [0.1, 0.15) is 0 Å². The molecule has 0 amide bonds. The summed E-state index contributed by atoms with van der Waals surface area (Å²) in [5.41, 5.74) is 0. The molecule has 0 N–H and O–H groups in total. The van der Waals surface area contributed by atoms with E-state index in [9.17, 15) is 8.42 Å². The molecule has 0 aromatic heterocycles. The van der Waals surface area contributed by atoms with Gasteiger partial charge in [-0.3, -0.25) is 8.42 Å². The summed E-state index contributed by atoms with van der Waals surface area (Å²) in [5, 5.41) is 0.268. The molecule has 5 nitrogen and oxygen atoms in total. The molecule has 0 rings (SSSR count). The minimum Gasteiger partial charge on any atom is -0.381 e. The van der Waals surface area contributed by atoms with Crippen LogP contribution in [0.4, 0.5) is 0 Å². The van der Waals surface area contributed by atoms with Gasteiger partial charge in [-0.25, -0.2) is 0 Å². The van der Waals surface area contributed by atoms with Gasteiger partial charge < -0.3 is 14.2 Å². The molecule has 0 bridgehead atoms. The fraction of sp³-hybridized carbons (Fsp3) is 1.00.